The first-order chi connectivity index (χ1) is 26.6. The average molecular weight is 779 g/mol. The number of carbonyl (C=O) groups is 3. The molecule has 1 unspecified atom stereocenters. The molecule has 0 aliphatic rings. The minimum atomic E-state index is -0.762. The summed E-state index contributed by atoms with van der Waals surface area (Å²) < 4.78 is 16.7. The fraction of sp³-hybridized carbons (Fsp3) is 0.939. The topological polar surface area (TPSA) is 78.9 Å². The van der Waals surface area contributed by atoms with Crippen LogP contribution in [0.15, 0.2) is 0 Å². The molecule has 0 fully saturated rings. The van der Waals surface area contributed by atoms with Crippen LogP contribution in [0.3, 0.4) is 0 Å². The van der Waals surface area contributed by atoms with Crippen LogP contribution in [0, 0.1) is 17.8 Å². The maximum Gasteiger partial charge on any atom is 0.306 e. The third kappa shape index (κ3) is 41.9. The molecule has 0 aliphatic carbocycles. The second-order valence-electron chi connectivity index (χ2n) is 17.9. The monoisotopic (exact) mass is 779 g/mol. The van der Waals surface area contributed by atoms with E-state index in [0.717, 1.165) is 75.5 Å². The first-order valence-corrected chi connectivity index (χ1v) is 24.1. The normalized spacial score (nSPS) is 12.7. The number of rotatable bonds is 42. The third-order valence-electron chi connectivity index (χ3n) is 11.3. The van der Waals surface area contributed by atoms with Crippen molar-refractivity contribution in [1.29, 1.82) is 0 Å². The summed E-state index contributed by atoms with van der Waals surface area (Å²) in [6, 6.07) is 0. The van der Waals surface area contributed by atoms with Crippen molar-refractivity contribution in [3.05, 3.63) is 0 Å². The summed E-state index contributed by atoms with van der Waals surface area (Å²) in [5.74, 6) is 1.60. The Morgan fingerprint density at radius 2 is 0.636 bits per heavy atom. The molecule has 2 atom stereocenters. The van der Waals surface area contributed by atoms with Gasteiger partial charge >= 0.3 is 17.9 Å². The van der Waals surface area contributed by atoms with Crippen molar-refractivity contribution in [3.8, 4) is 0 Å². The van der Waals surface area contributed by atoms with Gasteiger partial charge in [0, 0.05) is 19.3 Å². The fourth-order valence-electron chi connectivity index (χ4n) is 7.20. The van der Waals surface area contributed by atoms with E-state index in [0.29, 0.717) is 19.3 Å². The zero-order valence-electron chi connectivity index (χ0n) is 37.7. The largest absolute Gasteiger partial charge is 0.462 e. The Bertz CT molecular complexity index is 854. The highest BCUT2D eigenvalue weighted by molar-refractivity contribution is 5.71. The van der Waals surface area contributed by atoms with E-state index in [1.807, 2.05) is 0 Å². The van der Waals surface area contributed by atoms with E-state index < -0.39 is 6.10 Å². The Balaban J connectivity index is 4.32. The molecule has 55 heavy (non-hydrogen) atoms. The van der Waals surface area contributed by atoms with Crippen molar-refractivity contribution in [2.45, 2.75) is 266 Å². The maximum absolute atomic E-state index is 12.7. The van der Waals surface area contributed by atoms with E-state index in [4.69, 9.17) is 14.2 Å². The lowest BCUT2D eigenvalue weighted by Gasteiger charge is -2.18. The second kappa shape index (κ2) is 40.6. The summed E-state index contributed by atoms with van der Waals surface area (Å²) in [7, 11) is 0. The molecule has 0 N–H and O–H groups in total. The van der Waals surface area contributed by atoms with Crippen LogP contribution in [0.5, 0.6) is 0 Å². The van der Waals surface area contributed by atoms with Gasteiger partial charge in [-0.1, -0.05) is 221 Å². The highest BCUT2D eigenvalue weighted by Crippen LogP contribution is 2.17. The first kappa shape index (κ1) is 53.4. The number of ether oxygens (including phenoxy) is 3. The Kier molecular flexibility index (Phi) is 39.4. The smallest absolute Gasteiger partial charge is 0.306 e. The van der Waals surface area contributed by atoms with E-state index in [9.17, 15) is 14.4 Å². The van der Waals surface area contributed by atoms with Gasteiger partial charge in [-0.2, -0.15) is 0 Å². The van der Waals surface area contributed by atoms with Gasteiger partial charge in [0.2, 0.25) is 0 Å². The van der Waals surface area contributed by atoms with Crippen molar-refractivity contribution in [3.63, 3.8) is 0 Å². The van der Waals surface area contributed by atoms with E-state index in [-0.39, 0.29) is 31.1 Å². The van der Waals surface area contributed by atoms with E-state index in [1.165, 1.54) is 141 Å². The van der Waals surface area contributed by atoms with Gasteiger partial charge < -0.3 is 14.2 Å². The van der Waals surface area contributed by atoms with Crippen LogP contribution < -0.4 is 0 Å². The number of hydrogen-bond donors (Lipinski definition) is 0. The number of esters is 3. The molecule has 0 saturated heterocycles. The SMILES string of the molecule is CCC(C)CCCCCCCCCCC(=O)O[C@H](COC(=O)CCCCCCCCCCCCCCC(C)C)COC(=O)CCCCCCCCCC(C)C. The summed E-state index contributed by atoms with van der Waals surface area (Å²) in [6.45, 7) is 13.7. The van der Waals surface area contributed by atoms with Crippen LogP contribution in [0.1, 0.15) is 260 Å². The van der Waals surface area contributed by atoms with Gasteiger partial charge in [0.25, 0.3) is 0 Å². The average Bonchev–Trinajstić information content (AvgIpc) is 3.15. The molecule has 326 valence electrons. The number of unbranched alkanes of at least 4 members (excludes halogenated alkanes) is 24. The molecule has 0 radical (unpaired) electrons. The van der Waals surface area contributed by atoms with Gasteiger partial charge in [0.1, 0.15) is 13.2 Å². The van der Waals surface area contributed by atoms with Crippen molar-refractivity contribution in [2.24, 2.45) is 17.8 Å². The van der Waals surface area contributed by atoms with Crippen LogP contribution in [0.2, 0.25) is 0 Å². The lowest BCUT2D eigenvalue weighted by atomic mass is 9.99. The molecular weight excluding hydrogens is 685 g/mol. The van der Waals surface area contributed by atoms with Gasteiger partial charge in [-0.15, -0.1) is 0 Å². The molecule has 0 aromatic carbocycles. The molecule has 0 rings (SSSR count). The Morgan fingerprint density at radius 3 is 0.945 bits per heavy atom. The standard InChI is InChI=1S/C49H94O6/c1-7-45(6)37-31-25-19-14-15-21-28-34-40-49(52)55-46(42-54-48(51)39-33-27-22-16-18-24-30-36-44(4)5)41-53-47(50)38-32-26-20-13-11-9-8-10-12-17-23-29-35-43(2)3/h43-46H,7-42H2,1-6H3/t45?,46-/m1/s1. The molecule has 0 aliphatic heterocycles. The van der Waals surface area contributed by atoms with Crippen LogP contribution in [-0.4, -0.2) is 37.2 Å². The van der Waals surface area contributed by atoms with Crippen molar-refractivity contribution in [1.82, 2.24) is 0 Å². The van der Waals surface area contributed by atoms with Gasteiger partial charge in [0.15, 0.2) is 6.10 Å². The highest BCUT2D eigenvalue weighted by atomic mass is 16.6. The summed E-state index contributed by atoms with van der Waals surface area (Å²) in [5, 5.41) is 0. The van der Waals surface area contributed by atoms with Crippen LogP contribution in [0.25, 0.3) is 0 Å². The van der Waals surface area contributed by atoms with Gasteiger partial charge in [-0.3, -0.25) is 14.4 Å². The molecule has 0 saturated carbocycles. The summed E-state index contributed by atoms with van der Waals surface area (Å²) in [6.07, 6.45) is 38.1. The molecule has 0 amide bonds. The predicted molar refractivity (Wildman–Crippen MR) is 233 cm³/mol. The van der Waals surface area contributed by atoms with Crippen molar-refractivity contribution in [2.75, 3.05) is 13.2 Å². The van der Waals surface area contributed by atoms with Crippen LogP contribution in [-0.2, 0) is 28.6 Å². The van der Waals surface area contributed by atoms with E-state index >= 15 is 0 Å². The zero-order chi connectivity index (χ0) is 40.6. The first-order valence-electron chi connectivity index (χ1n) is 24.1. The van der Waals surface area contributed by atoms with E-state index in [1.54, 1.807) is 0 Å². The molecule has 6 heteroatoms. The van der Waals surface area contributed by atoms with Crippen molar-refractivity contribution < 1.29 is 28.6 Å². The Morgan fingerprint density at radius 1 is 0.364 bits per heavy atom. The minimum Gasteiger partial charge on any atom is -0.462 e. The lowest BCUT2D eigenvalue weighted by molar-refractivity contribution is -0.167. The summed E-state index contributed by atoms with van der Waals surface area (Å²) in [4.78, 5) is 37.8. The molecule has 0 bridgehead atoms. The van der Waals surface area contributed by atoms with Crippen molar-refractivity contribution >= 4 is 17.9 Å². The molecule has 0 heterocycles. The second-order valence-corrected chi connectivity index (χ2v) is 17.9. The van der Waals surface area contributed by atoms with Gasteiger partial charge in [-0.05, 0) is 37.0 Å². The third-order valence-corrected chi connectivity index (χ3v) is 11.3. The molecule has 0 aromatic heterocycles. The van der Waals surface area contributed by atoms with Crippen LogP contribution >= 0.6 is 0 Å². The number of carbonyl (C=O) groups excluding carboxylic acids is 3. The van der Waals surface area contributed by atoms with E-state index in [2.05, 4.69) is 41.5 Å². The Labute approximate surface area is 342 Å². The molecular formula is C49H94O6. The quantitative estimate of drug-likeness (QED) is 0.0349. The van der Waals surface area contributed by atoms with Gasteiger partial charge in [-0.25, -0.2) is 0 Å². The summed E-state index contributed by atoms with van der Waals surface area (Å²) >= 11 is 0. The summed E-state index contributed by atoms with van der Waals surface area (Å²) in [5.41, 5.74) is 0. The Hall–Kier alpha value is -1.59. The zero-order valence-corrected chi connectivity index (χ0v) is 37.7. The predicted octanol–water partition coefficient (Wildman–Crippen LogP) is 15.2. The highest BCUT2D eigenvalue weighted by Gasteiger charge is 2.19. The molecule has 6 nitrogen and oxygen atoms in total. The molecule has 0 aromatic rings. The maximum atomic E-state index is 12.7. The number of hydrogen-bond acceptors (Lipinski definition) is 6. The van der Waals surface area contributed by atoms with Crippen LogP contribution in [0.4, 0.5) is 0 Å². The fourth-order valence-corrected chi connectivity index (χ4v) is 7.20. The molecule has 0 spiro atoms. The lowest BCUT2D eigenvalue weighted by Crippen LogP contribution is -2.30. The van der Waals surface area contributed by atoms with Gasteiger partial charge in [0.05, 0.1) is 0 Å². The minimum absolute atomic E-state index is 0.0660.